The van der Waals surface area contributed by atoms with Crippen molar-refractivity contribution in [3.63, 3.8) is 0 Å². The van der Waals surface area contributed by atoms with Crippen molar-refractivity contribution in [2.45, 2.75) is 19.5 Å². The van der Waals surface area contributed by atoms with Gasteiger partial charge in [-0.1, -0.05) is 36.4 Å². The zero-order valence-electron chi connectivity index (χ0n) is 15.6. The Morgan fingerprint density at radius 2 is 1.78 bits per heavy atom. The molecule has 1 atom stereocenters. The third-order valence-electron chi connectivity index (χ3n) is 4.12. The second-order valence-corrected chi connectivity index (χ2v) is 5.98. The van der Waals surface area contributed by atoms with E-state index in [0.29, 0.717) is 29.8 Å². The summed E-state index contributed by atoms with van der Waals surface area (Å²) in [6.45, 7) is 2.62. The highest BCUT2D eigenvalue weighted by Crippen LogP contribution is 2.27. The maximum absolute atomic E-state index is 5.33. The third-order valence-corrected chi connectivity index (χ3v) is 4.12. The molecule has 0 amide bonds. The minimum Gasteiger partial charge on any atom is -0.493 e. The first-order chi connectivity index (χ1) is 13.2. The largest absolute Gasteiger partial charge is 0.493 e. The number of rotatable bonds is 8. The summed E-state index contributed by atoms with van der Waals surface area (Å²) in [6, 6.07) is 16.0. The maximum Gasteiger partial charge on any atom is 0.244 e. The van der Waals surface area contributed by atoms with Crippen LogP contribution in [0.3, 0.4) is 0 Å². The SMILES string of the molecule is COc1ccc(CNc2nncc(NC(C)c3ccccc3)n2)cc1OC. The van der Waals surface area contributed by atoms with Crippen LogP contribution in [0.25, 0.3) is 0 Å². The van der Waals surface area contributed by atoms with Crippen LogP contribution in [0.2, 0.25) is 0 Å². The summed E-state index contributed by atoms with van der Waals surface area (Å²) in [6.07, 6.45) is 1.61. The summed E-state index contributed by atoms with van der Waals surface area (Å²) in [4.78, 5) is 4.48. The molecule has 1 unspecified atom stereocenters. The smallest absolute Gasteiger partial charge is 0.244 e. The fourth-order valence-electron chi connectivity index (χ4n) is 2.67. The minimum absolute atomic E-state index is 0.113. The van der Waals surface area contributed by atoms with Gasteiger partial charge in [0.2, 0.25) is 5.95 Å². The number of hydrogen-bond acceptors (Lipinski definition) is 7. The van der Waals surface area contributed by atoms with Gasteiger partial charge in [0.25, 0.3) is 0 Å². The number of nitrogens with zero attached hydrogens (tertiary/aromatic N) is 3. The molecule has 3 rings (SSSR count). The van der Waals surface area contributed by atoms with Crippen molar-refractivity contribution in [1.82, 2.24) is 15.2 Å². The predicted octanol–water partition coefficient (Wildman–Crippen LogP) is 3.67. The highest BCUT2D eigenvalue weighted by Gasteiger charge is 2.08. The zero-order chi connectivity index (χ0) is 19.1. The van der Waals surface area contributed by atoms with Gasteiger partial charge in [-0.25, -0.2) is 0 Å². The van der Waals surface area contributed by atoms with Gasteiger partial charge in [0.1, 0.15) is 0 Å². The molecule has 0 spiro atoms. The molecule has 3 aromatic rings. The molecule has 0 saturated heterocycles. The zero-order valence-corrected chi connectivity index (χ0v) is 15.6. The Labute approximate surface area is 158 Å². The van der Waals surface area contributed by atoms with Crippen molar-refractivity contribution < 1.29 is 9.47 Å². The van der Waals surface area contributed by atoms with Crippen LogP contribution in [-0.4, -0.2) is 29.4 Å². The van der Waals surface area contributed by atoms with E-state index >= 15 is 0 Å². The Morgan fingerprint density at radius 3 is 2.52 bits per heavy atom. The third kappa shape index (κ3) is 4.84. The number of nitrogens with one attached hydrogen (secondary N) is 2. The molecule has 140 valence electrons. The van der Waals surface area contributed by atoms with E-state index in [4.69, 9.17) is 9.47 Å². The van der Waals surface area contributed by atoms with Crippen LogP contribution in [0.5, 0.6) is 11.5 Å². The van der Waals surface area contributed by atoms with Gasteiger partial charge in [-0.3, -0.25) is 0 Å². The number of benzene rings is 2. The molecule has 7 nitrogen and oxygen atoms in total. The summed E-state index contributed by atoms with van der Waals surface area (Å²) in [5, 5.41) is 14.6. The van der Waals surface area contributed by atoms with E-state index in [1.807, 2.05) is 36.4 Å². The standard InChI is InChI=1S/C20H23N5O2/c1-14(16-7-5-4-6-8-16)23-19-13-22-25-20(24-19)21-12-15-9-10-17(26-2)18(11-15)27-3/h4-11,13-14H,12H2,1-3H3,(H2,21,23,24,25). The van der Waals surface area contributed by atoms with E-state index in [1.54, 1.807) is 20.4 Å². The van der Waals surface area contributed by atoms with Crippen molar-refractivity contribution in [2.75, 3.05) is 24.9 Å². The first-order valence-electron chi connectivity index (χ1n) is 8.65. The topological polar surface area (TPSA) is 81.2 Å². The molecule has 0 aliphatic rings. The summed E-state index contributed by atoms with van der Waals surface area (Å²) in [5.74, 6) is 2.49. The van der Waals surface area contributed by atoms with E-state index in [0.717, 1.165) is 5.56 Å². The fourth-order valence-corrected chi connectivity index (χ4v) is 2.67. The number of anilines is 2. The lowest BCUT2D eigenvalue weighted by atomic mass is 10.1. The van der Waals surface area contributed by atoms with Crippen molar-refractivity contribution in [3.05, 3.63) is 65.9 Å². The first kappa shape index (κ1) is 18.4. The Balaban J connectivity index is 1.64. The van der Waals surface area contributed by atoms with Gasteiger partial charge in [0.05, 0.1) is 20.4 Å². The number of methoxy groups -OCH3 is 2. The maximum atomic E-state index is 5.33. The van der Waals surface area contributed by atoms with Crippen LogP contribution in [0.1, 0.15) is 24.1 Å². The lowest BCUT2D eigenvalue weighted by Gasteiger charge is -2.15. The van der Waals surface area contributed by atoms with Crippen LogP contribution in [0.15, 0.2) is 54.7 Å². The van der Waals surface area contributed by atoms with Crippen molar-refractivity contribution in [1.29, 1.82) is 0 Å². The number of hydrogen-bond donors (Lipinski definition) is 2. The summed E-state index contributed by atoms with van der Waals surface area (Å²) in [7, 11) is 3.23. The molecule has 2 N–H and O–H groups in total. The molecule has 1 heterocycles. The van der Waals surface area contributed by atoms with E-state index in [9.17, 15) is 0 Å². The van der Waals surface area contributed by atoms with Crippen molar-refractivity contribution in [3.8, 4) is 11.5 Å². The predicted molar refractivity (Wildman–Crippen MR) is 105 cm³/mol. The van der Waals surface area contributed by atoms with E-state index < -0.39 is 0 Å². The highest BCUT2D eigenvalue weighted by atomic mass is 16.5. The molecule has 0 bridgehead atoms. The first-order valence-corrected chi connectivity index (χ1v) is 8.65. The molecular formula is C20H23N5O2. The van der Waals surface area contributed by atoms with Crippen LogP contribution in [-0.2, 0) is 6.54 Å². The monoisotopic (exact) mass is 365 g/mol. The lowest BCUT2D eigenvalue weighted by molar-refractivity contribution is 0.354. The average Bonchev–Trinajstić information content (AvgIpc) is 2.73. The van der Waals surface area contributed by atoms with Gasteiger partial charge in [-0.05, 0) is 30.2 Å². The Morgan fingerprint density at radius 1 is 1.00 bits per heavy atom. The molecule has 1 aromatic heterocycles. The van der Waals surface area contributed by atoms with Crippen LogP contribution in [0, 0.1) is 0 Å². The molecule has 0 saturated carbocycles. The Hall–Kier alpha value is -3.35. The number of aromatic nitrogens is 3. The molecule has 0 aliphatic heterocycles. The lowest BCUT2D eigenvalue weighted by Crippen LogP contribution is -2.11. The van der Waals surface area contributed by atoms with E-state index in [1.165, 1.54) is 5.56 Å². The van der Waals surface area contributed by atoms with Gasteiger partial charge >= 0.3 is 0 Å². The second-order valence-electron chi connectivity index (χ2n) is 5.98. The van der Waals surface area contributed by atoms with Crippen LogP contribution in [0.4, 0.5) is 11.8 Å². The van der Waals surface area contributed by atoms with E-state index in [-0.39, 0.29) is 6.04 Å². The molecule has 0 aliphatic carbocycles. The highest BCUT2D eigenvalue weighted by molar-refractivity contribution is 5.44. The summed E-state index contributed by atoms with van der Waals surface area (Å²) < 4.78 is 10.6. The van der Waals surface area contributed by atoms with Gasteiger partial charge in [0, 0.05) is 12.6 Å². The molecule has 0 radical (unpaired) electrons. The normalized spacial score (nSPS) is 11.5. The Kier molecular flexibility index (Phi) is 6.04. The average molecular weight is 365 g/mol. The molecule has 7 heteroatoms. The van der Waals surface area contributed by atoms with Crippen molar-refractivity contribution in [2.24, 2.45) is 0 Å². The molecule has 0 fully saturated rings. The number of ether oxygens (including phenoxy) is 2. The quantitative estimate of drug-likeness (QED) is 0.630. The van der Waals surface area contributed by atoms with Gasteiger partial charge in [-0.15, -0.1) is 5.10 Å². The molecular weight excluding hydrogens is 342 g/mol. The van der Waals surface area contributed by atoms with Gasteiger partial charge in [-0.2, -0.15) is 10.1 Å². The van der Waals surface area contributed by atoms with Gasteiger partial charge in [0.15, 0.2) is 17.3 Å². The minimum atomic E-state index is 0.113. The van der Waals surface area contributed by atoms with E-state index in [2.05, 4.69) is 44.9 Å². The Bertz CT molecular complexity index is 873. The van der Waals surface area contributed by atoms with Crippen LogP contribution < -0.4 is 20.1 Å². The second kappa shape index (κ2) is 8.84. The summed E-state index contributed by atoms with van der Waals surface area (Å²) in [5.41, 5.74) is 2.20. The summed E-state index contributed by atoms with van der Waals surface area (Å²) >= 11 is 0. The van der Waals surface area contributed by atoms with Crippen LogP contribution >= 0.6 is 0 Å². The fraction of sp³-hybridized carbons (Fsp3) is 0.250. The van der Waals surface area contributed by atoms with Gasteiger partial charge < -0.3 is 20.1 Å². The molecule has 27 heavy (non-hydrogen) atoms. The van der Waals surface area contributed by atoms with Crippen molar-refractivity contribution >= 4 is 11.8 Å². The molecule has 2 aromatic carbocycles.